The number of nitrogens with zero attached hydrogens (tertiary/aromatic N) is 2. The van der Waals surface area contributed by atoms with Crippen LogP contribution >= 0.6 is 0 Å². The maximum absolute atomic E-state index is 12.0. The van der Waals surface area contributed by atoms with E-state index in [2.05, 4.69) is 21.8 Å². The number of rotatable bonds is 7. The SMILES string of the molecule is O=C(CCOCC(F)(F)F)N1CCN(C/C=C/c2ccccc2)CC1. The van der Waals surface area contributed by atoms with Crippen molar-refractivity contribution in [1.29, 1.82) is 0 Å². The van der Waals surface area contributed by atoms with Crippen molar-refractivity contribution in [1.82, 2.24) is 9.80 Å². The molecule has 1 aliphatic rings. The number of amides is 1. The van der Waals surface area contributed by atoms with Gasteiger partial charge in [0.1, 0.15) is 6.61 Å². The standard InChI is InChI=1S/C18H23F3N2O2/c19-18(20,21)15-25-14-8-17(24)23-12-10-22(11-13-23)9-4-7-16-5-2-1-3-6-16/h1-7H,8-15H2/b7-4+. The normalized spacial score (nSPS) is 16.5. The molecule has 2 rings (SSSR count). The number of carbonyl (C=O) groups excluding carboxylic acids is 1. The zero-order valence-corrected chi connectivity index (χ0v) is 14.0. The zero-order chi connectivity index (χ0) is 18.1. The van der Waals surface area contributed by atoms with Gasteiger partial charge in [0.25, 0.3) is 0 Å². The molecule has 0 N–H and O–H groups in total. The fourth-order valence-electron chi connectivity index (χ4n) is 2.59. The smallest absolute Gasteiger partial charge is 0.372 e. The maximum atomic E-state index is 12.0. The van der Waals surface area contributed by atoms with Crippen LogP contribution < -0.4 is 0 Å². The molecular formula is C18H23F3N2O2. The van der Waals surface area contributed by atoms with Crippen molar-refractivity contribution in [3.05, 3.63) is 42.0 Å². The van der Waals surface area contributed by atoms with Crippen molar-refractivity contribution in [2.75, 3.05) is 45.9 Å². The van der Waals surface area contributed by atoms with Crippen LogP contribution in [0.3, 0.4) is 0 Å². The number of hydrogen-bond acceptors (Lipinski definition) is 3. The molecule has 0 bridgehead atoms. The van der Waals surface area contributed by atoms with Gasteiger partial charge in [-0.15, -0.1) is 0 Å². The fraction of sp³-hybridized carbons (Fsp3) is 0.500. The molecule has 7 heteroatoms. The maximum Gasteiger partial charge on any atom is 0.411 e. The van der Waals surface area contributed by atoms with Gasteiger partial charge in [-0.2, -0.15) is 13.2 Å². The minimum Gasteiger partial charge on any atom is -0.372 e. The van der Waals surface area contributed by atoms with Gasteiger partial charge < -0.3 is 9.64 Å². The van der Waals surface area contributed by atoms with E-state index in [0.29, 0.717) is 13.1 Å². The quantitative estimate of drug-likeness (QED) is 0.705. The Balaban J connectivity index is 1.62. The topological polar surface area (TPSA) is 32.8 Å². The minimum atomic E-state index is -4.35. The summed E-state index contributed by atoms with van der Waals surface area (Å²) in [7, 11) is 0. The first kappa shape index (κ1) is 19.5. The molecule has 0 atom stereocenters. The van der Waals surface area contributed by atoms with E-state index < -0.39 is 12.8 Å². The van der Waals surface area contributed by atoms with Crippen molar-refractivity contribution >= 4 is 12.0 Å². The second kappa shape index (κ2) is 9.58. The molecule has 1 aliphatic heterocycles. The van der Waals surface area contributed by atoms with Crippen LogP contribution in [0.15, 0.2) is 36.4 Å². The van der Waals surface area contributed by atoms with Gasteiger partial charge in [0, 0.05) is 32.7 Å². The molecule has 25 heavy (non-hydrogen) atoms. The molecule has 138 valence electrons. The van der Waals surface area contributed by atoms with Crippen LogP contribution in [0.5, 0.6) is 0 Å². The lowest BCUT2D eigenvalue weighted by molar-refractivity contribution is -0.175. The van der Waals surface area contributed by atoms with Gasteiger partial charge >= 0.3 is 6.18 Å². The van der Waals surface area contributed by atoms with Gasteiger partial charge in [0.2, 0.25) is 5.91 Å². The van der Waals surface area contributed by atoms with E-state index in [9.17, 15) is 18.0 Å². The molecule has 4 nitrogen and oxygen atoms in total. The second-order valence-electron chi connectivity index (χ2n) is 5.91. The number of benzene rings is 1. The number of hydrogen-bond donors (Lipinski definition) is 0. The van der Waals surface area contributed by atoms with Gasteiger partial charge in [0.05, 0.1) is 13.0 Å². The van der Waals surface area contributed by atoms with Crippen molar-refractivity contribution in [3.63, 3.8) is 0 Å². The van der Waals surface area contributed by atoms with Gasteiger partial charge in [-0.3, -0.25) is 9.69 Å². The first-order chi connectivity index (χ1) is 11.9. The molecule has 0 saturated carbocycles. The Hall–Kier alpha value is -1.86. The lowest BCUT2D eigenvalue weighted by Crippen LogP contribution is -2.48. The Labute approximate surface area is 145 Å². The highest BCUT2D eigenvalue weighted by Crippen LogP contribution is 2.14. The predicted molar refractivity (Wildman–Crippen MR) is 90.0 cm³/mol. The summed E-state index contributed by atoms with van der Waals surface area (Å²) in [5.74, 6) is -0.151. The number of carbonyl (C=O) groups is 1. The fourth-order valence-corrected chi connectivity index (χ4v) is 2.59. The highest BCUT2D eigenvalue weighted by molar-refractivity contribution is 5.76. The summed E-state index contributed by atoms with van der Waals surface area (Å²) < 4.78 is 40.4. The summed E-state index contributed by atoms with van der Waals surface area (Å²) in [4.78, 5) is 15.9. The van der Waals surface area contributed by atoms with E-state index in [1.807, 2.05) is 30.3 Å². The van der Waals surface area contributed by atoms with Crippen molar-refractivity contribution in [2.24, 2.45) is 0 Å². The first-order valence-corrected chi connectivity index (χ1v) is 8.30. The van der Waals surface area contributed by atoms with Crippen molar-refractivity contribution in [2.45, 2.75) is 12.6 Å². The van der Waals surface area contributed by atoms with Crippen LogP contribution in [-0.2, 0) is 9.53 Å². The molecule has 1 aromatic rings. The van der Waals surface area contributed by atoms with Crippen LogP contribution in [0.1, 0.15) is 12.0 Å². The van der Waals surface area contributed by atoms with Crippen molar-refractivity contribution < 1.29 is 22.7 Å². The largest absolute Gasteiger partial charge is 0.411 e. The average molecular weight is 356 g/mol. The summed E-state index contributed by atoms with van der Waals surface area (Å²) in [6, 6.07) is 10.0. The van der Waals surface area contributed by atoms with Gasteiger partial charge in [0.15, 0.2) is 0 Å². The van der Waals surface area contributed by atoms with Crippen molar-refractivity contribution in [3.8, 4) is 0 Å². The highest BCUT2D eigenvalue weighted by Gasteiger charge is 2.27. The van der Waals surface area contributed by atoms with Crippen LogP contribution in [0.25, 0.3) is 6.08 Å². The zero-order valence-electron chi connectivity index (χ0n) is 14.0. The summed E-state index contributed by atoms with van der Waals surface area (Å²) in [5.41, 5.74) is 1.15. The third kappa shape index (κ3) is 7.70. The lowest BCUT2D eigenvalue weighted by atomic mass is 10.2. The molecular weight excluding hydrogens is 333 g/mol. The highest BCUT2D eigenvalue weighted by atomic mass is 19.4. The third-order valence-electron chi connectivity index (χ3n) is 3.92. The van der Waals surface area contributed by atoms with Gasteiger partial charge in [-0.25, -0.2) is 0 Å². The Bertz CT molecular complexity index is 553. The van der Waals surface area contributed by atoms with E-state index in [1.165, 1.54) is 0 Å². The molecule has 1 fully saturated rings. The van der Waals surface area contributed by atoms with E-state index in [1.54, 1.807) is 4.90 Å². The molecule has 1 heterocycles. The molecule has 1 saturated heterocycles. The summed E-state index contributed by atoms with van der Waals surface area (Å²) >= 11 is 0. The molecule has 0 spiro atoms. The monoisotopic (exact) mass is 356 g/mol. The van der Waals surface area contributed by atoms with Gasteiger partial charge in [-0.1, -0.05) is 42.5 Å². The number of halogens is 3. The summed E-state index contributed by atoms with van der Waals surface area (Å²) in [6.45, 7) is 2.02. The summed E-state index contributed by atoms with van der Waals surface area (Å²) in [5, 5.41) is 0. The lowest BCUT2D eigenvalue weighted by Gasteiger charge is -2.34. The predicted octanol–water partition coefficient (Wildman–Crippen LogP) is 2.81. The van der Waals surface area contributed by atoms with Crippen LogP contribution in [0.4, 0.5) is 13.2 Å². The van der Waals surface area contributed by atoms with E-state index in [4.69, 9.17) is 0 Å². The molecule has 1 amide bonds. The Morgan fingerprint density at radius 2 is 1.80 bits per heavy atom. The Kier molecular flexibility index (Phi) is 7.46. The van der Waals surface area contributed by atoms with Crippen LogP contribution in [-0.4, -0.2) is 67.8 Å². The number of alkyl halides is 3. The molecule has 0 radical (unpaired) electrons. The Morgan fingerprint density at radius 3 is 2.44 bits per heavy atom. The third-order valence-corrected chi connectivity index (χ3v) is 3.92. The van der Waals surface area contributed by atoms with E-state index in [0.717, 1.165) is 25.2 Å². The number of piperazine rings is 1. The molecule has 1 aromatic carbocycles. The first-order valence-electron chi connectivity index (χ1n) is 8.30. The Morgan fingerprint density at radius 1 is 1.12 bits per heavy atom. The average Bonchev–Trinajstić information content (AvgIpc) is 2.59. The van der Waals surface area contributed by atoms with Gasteiger partial charge in [-0.05, 0) is 5.56 Å². The van der Waals surface area contributed by atoms with E-state index in [-0.39, 0.29) is 18.9 Å². The molecule has 0 unspecified atom stereocenters. The molecule has 0 aliphatic carbocycles. The minimum absolute atomic E-state index is 0.00993. The van der Waals surface area contributed by atoms with Crippen LogP contribution in [0.2, 0.25) is 0 Å². The second-order valence-corrected chi connectivity index (χ2v) is 5.91. The summed E-state index contributed by atoms with van der Waals surface area (Å²) in [6.07, 6.45) is -0.195. The van der Waals surface area contributed by atoms with E-state index >= 15 is 0 Å². The molecule has 0 aromatic heterocycles. The van der Waals surface area contributed by atoms with Crippen LogP contribution in [0, 0.1) is 0 Å². The number of ether oxygens (including phenoxy) is 1.